The molecule has 0 saturated heterocycles. The van der Waals surface area contributed by atoms with Crippen LogP contribution in [-0.2, 0) is 0 Å². The van der Waals surface area contributed by atoms with E-state index in [9.17, 15) is 0 Å². The lowest BCUT2D eigenvalue weighted by Gasteiger charge is -2.28. The van der Waals surface area contributed by atoms with Crippen LogP contribution in [-0.4, -0.2) is 11.9 Å². The molecule has 0 saturated carbocycles. The normalized spacial score (nSPS) is 15.9. The topological polar surface area (TPSA) is 3.24 Å². The highest BCUT2D eigenvalue weighted by Crippen LogP contribution is 2.29. The molecule has 1 aromatic rings. The van der Waals surface area contributed by atoms with Crippen molar-refractivity contribution >= 4 is 17.3 Å². The summed E-state index contributed by atoms with van der Waals surface area (Å²) in [6.07, 6.45) is 4.19. The summed E-state index contributed by atoms with van der Waals surface area (Å²) in [7, 11) is 2.03. The van der Waals surface area contributed by atoms with E-state index in [2.05, 4.69) is 30.6 Å². The molecule has 0 N–H and O–H groups in total. The smallest absolute Gasteiger partial charge is 0.0481 e. The van der Waals surface area contributed by atoms with Gasteiger partial charge in [-0.3, -0.25) is 0 Å². The van der Waals surface area contributed by atoms with Gasteiger partial charge < -0.3 is 4.90 Å². The first-order valence-corrected chi connectivity index (χ1v) is 5.55. The average molecular weight is 232 g/mol. The molecule has 0 aliphatic carbocycles. The lowest BCUT2D eigenvalue weighted by Crippen LogP contribution is -2.18. The van der Waals surface area contributed by atoms with E-state index in [4.69, 9.17) is 11.6 Å². The summed E-state index contributed by atoms with van der Waals surface area (Å²) in [5, 5.41) is 0.758. The number of likely N-dealkylation sites (N-methyl/N-ethyl adjacent to an activating group) is 1. The first kappa shape index (κ1) is 11.0. The fourth-order valence-corrected chi connectivity index (χ4v) is 1.86. The third kappa shape index (κ3) is 1.91. The van der Waals surface area contributed by atoms with Gasteiger partial charge in [0.05, 0.1) is 0 Å². The monoisotopic (exact) mass is 231 g/mol. The number of rotatable bonds is 1. The highest BCUT2D eigenvalue weighted by Gasteiger charge is 2.14. The Morgan fingerprint density at radius 3 is 2.38 bits per heavy atom. The highest BCUT2D eigenvalue weighted by atomic mass is 35.5. The molecule has 1 nitrogen and oxygen atoms in total. The van der Waals surface area contributed by atoms with Gasteiger partial charge in [0.2, 0.25) is 0 Å². The van der Waals surface area contributed by atoms with E-state index in [0.29, 0.717) is 0 Å². The quantitative estimate of drug-likeness (QED) is 0.704. The van der Waals surface area contributed by atoms with Crippen molar-refractivity contribution in [2.75, 3.05) is 7.05 Å². The summed E-state index contributed by atoms with van der Waals surface area (Å²) in [6, 6.07) is 7.85. The van der Waals surface area contributed by atoms with Crippen molar-refractivity contribution in [3.63, 3.8) is 0 Å². The van der Waals surface area contributed by atoms with Crippen LogP contribution in [0.1, 0.15) is 12.5 Å². The molecule has 2 rings (SSSR count). The van der Waals surface area contributed by atoms with Gasteiger partial charge in [0.25, 0.3) is 0 Å². The Bertz CT molecular complexity index is 480. The van der Waals surface area contributed by atoms with Gasteiger partial charge in [-0.05, 0) is 36.3 Å². The molecule has 1 aromatic carbocycles. The molecule has 0 spiro atoms. The van der Waals surface area contributed by atoms with Crippen molar-refractivity contribution in [1.29, 1.82) is 0 Å². The molecule has 0 radical (unpaired) electrons. The first-order chi connectivity index (χ1) is 7.59. The largest absolute Gasteiger partial charge is 0.344 e. The molecule has 0 amide bonds. The predicted molar refractivity (Wildman–Crippen MR) is 70.1 cm³/mol. The minimum atomic E-state index is 0.758. The molecule has 0 unspecified atom stereocenters. The molecule has 1 heterocycles. The Balaban J connectivity index is 2.42. The van der Waals surface area contributed by atoms with Crippen LogP contribution in [0, 0.1) is 0 Å². The third-order valence-corrected chi connectivity index (χ3v) is 3.10. The predicted octanol–water partition coefficient (Wildman–Crippen LogP) is 4.09. The Morgan fingerprint density at radius 2 is 1.75 bits per heavy atom. The maximum absolute atomic E-state index is 5.88. The number of nitrogens with zero attached hydrogens (tertiary/aromatic N) is 1. The van der Waals surface area contributed by atoms with Crippen molar-refractivity contribution in [3.05, 3.63) is 64.9 Å². The van der Waals surface area contributed by atoms with Crippen molar-refractivity contribution < 1.29 is 0 Å². The standard InChI is InChI=1S/C14H14ClN/c1-10-4-9-14(16(3)11(10)2)12-5-7-13(15)8-6-12/h4-9H,2H2,1,3H3. The summed E-state index contributed by atoms with van der Waals surface area (Å²) in [4.78, 5) is 2.10. The number of halogens is 1. The van der Waals surface area contributed by atoms with E-state index < -0.39 is 0 Å². The van der Waals surface area contributed by atoms with Crippen LogP contribution in [0.4, 0.5) is 0 Å². The molecule has 16 heavy (non-hydrogen) atoms. The lowest BCUT2D eigenvalue weighted by atomic mass is 10.0. The Hall–Kier alpha value is -1.47. The van der Waals surface area contributed by atoms with Gasteiger partial charge in [0, 0.05) is 23.5 Å². The maximum atomic E-state index is 5.88. The van der Waals surface area contributed by atoms with E-state index in [-0.39, 0.29) is 0 Å². The second kappa shape index (κ2) is 4.18. The summed E-state index contributed by atoms with van der Waals surface area (Å²) in [6.45, 7) is 6.12. The third-order valence-electron chi connectivity index (χ3n) is 2.85. The van der Waals surface area contributed by atoms with Crippen LogP contribution in [0.15, 0.2) is 54.3 Å². The molecular weight excluding hydrogens is 218 g/mol. The molecule has 1 aliphatic rings. The summed E-state index contributed by atoms with van der Waals surface area (Å²) < 4.78 is 0. The number of allylic oxidation sites excluding steroid dienone is 3. The van der Waals surface area contributed by atoms with Gasteiger partial charge >= 0.3 is 0 Å². The lowest BCUT2D eigenvalue weighted by molar-refractivity contribution is 0.603. The Morgan fingerprint density at radius 1 is 1.12 bits per heavy atom. The Kier molecular flexibility index (Phi) is 2.88. The second-order valence-electron chi connectivity index (χ2n) is 3.91. The molecule has 0 fully saturated rings. The fourth-order valence-electron chi connectivity index (χ4n) is 1.73. The van der Waals surface area contributed by atoms with Crippen LogP contribution in [0.3, 0.4) is 0 Å². The number of hydrogen-bond acceptors (Lipinski definition) is 1. The zero-order chi connectivity index (χ0) is 11.7. The molecule has 0 bridgehead atoms. The van der Waals surface area contributed by atoms with Gasteiger partial charge in [-0.25, -0.2) is 0 Å². The van der Waals surface area contributed by atoms with Gasteiger partial charge in [0.15, 0.2) is 0 Å². The minimum absolute atomic E-state index is 0.758. The number of benzene rings is 1. The van der Waals surface area contributed by atoms with Crippen molar-refractivity contribution in [2.24, 2.45) is 0 Å². The second-order valence-corrected chi connectivity index (χ2v) is 4.35. The van der Waals surface area contributed by atoms with E-state index in [1.165, 1.54) is 5.57 Å². The van der Waals surface area contributed by atoms with Crippen LogP contribution < -0.4 is 0 Å². The minimum Gasteiger partial charge on any atom is -0.344 e. The van der Waals surface area contributed by atoms with Crippen LogP contribution in [0.25, 0.3) is 5.70 Å². The van der Waals surface area contributed by atoms with E-state index in [1.807, 2.05) is 31.3 Å². The van der Waals surface area contributed by atoms with Gasteiger partial charge in [-0.15, -0.1) is 0 Å². The molecule has 0 aromatic heterocycles. The zero-order valence-electron chi connectivity index (χ0n) is 9.50. The van der Waals surface area contributed by atoms with Gasteiger partial charge in [-0.2, -0.15) is 0 Å². The van der Waals surface area contributed by atoms with Crippen LogP contribution >= 0.6 is 11.6 Å². The molecular formula is C14H14ClN. The van der Waals surface area contributed by atoms with Crippen LogP contribution in [0.5, 0.6) is 0 Å². The summed E-state index contributed by atoms with van der Waals surface area (Å²) in [5.41, 5.74) is 4.52. The highest BCUT2D eigenvalue weighted by molar-refractivity contribution is 6.30. The fraction of sp³-hybridized carbons (Fsp3) is 0.143. The molecule has 2 heteroatoms. The van der Waals surface area contributed by atoms with E-state index >= 15 is 0 Å². The average Bonchev–Trinajstić information content (AvgIpc) is 2.28. The Labute approximate surface area is 101 Å². The van der Waals surface area contributed by atoms with Crippen molar-refractivity contribution in [3.8, 4) is 0 Å². The summed E-state index contributed by atoms with van der Waals surface area (Å²) >= 11 is 5.88. The SMILES string of the molecule is C=C1C(C)=CC=C(c2ccc(Cl)cc2)N1C. The maximum Gasteiger partial charge on any atom is 0.0481 e. The van der Waals surface area contributed by atoms with E-state index in [1.54, 1.807) is 0 Å². The van der Waals surface area contributed by atoms with Gasteiger partial charge in [0.1, 0.15) is 0 Å². The first-order valence-electron chi connectivity index (χ1n) is 5.17. The van der Waals surface area contributed by atoms with Crippen molar-refractivity contribution in [2.45, 2.75) is 6.92 Å². The van der Waals surface area contributed by atoms with E-state index in [0.717, 1.165) is 22.0 Å². The zero-order valence-corrected chi connectivity index (χ0v) is 10.3. The summed E-state index contributed by atoms with van der Waals surface area (Å²) in [5.74, 6) is 0. The molecule has 1 aliphatic heterocycles. The molecule has 82 valence electrons. The number of hydrogen-bond donors (Lipinski definition) is 0. The molecule has 0 atom stereocenters. The van der Waals surface area contributed by atoms with Gasteiger partial charge in [-0.1, -0.05) is 36.4 Å². The van der Waals surface area contributed by atoms with Crippen molar-refractivity contribution in [1.82, 2.24) is 4.90 Å². The van der Waals surface area contributed by atoms with Crippen LogP contribution in [0.2, 0.25) is 5.02 Å².